The van der Waals surface area contributed by atoms with E-state index in [0.29, 0.717) is 19.4 Å². The van der Waals surface area contributed by atoms with Gasteiger partial charge in [-0.1, -0.05) is 54.1 Å². The minimum atomic E-state index is -0.418. The number of thiophene rings is 1. The fourth-order valence-electron chi connectivity index (χ4n) is 4.36. The number of carbonyl (C=O) groups excluding carboxylic acids is 2. The van der Waals surface area contributed by atoms with Crippen molar-refractivity contribution < 1.29 is 9.59 Å². The van der Waals surface area contributed by atoms with E-state index in [4.69, 9.17) is 0 Å². The summed E-state index contributed by atoms with van der Waals surface area (Å²) in [5.74, 6) is -0.305. The van der Waals surface area contributed by atoms with Gasteiger partial charge in [-0.2, -0.15) is 0 Å². The van der Waals surface area contributed by atoms with Crippen LogP contribution in [-0.4, -0.2) is 26.6 Å². The number of amides is 2. The SMILES string of the molecule is Cc1ccc(N2C(=O)CCC(C(=O)Nc3ncn(Cc4ccccc4)n3)C2c2cccs2)cc1. The summed E-state index contributed by atoms with van der Waals surface area (Å²) in [7, 11) is 0. The fourth-order valence-corrected chi connectivity index (χ4v) is 5.24. The van der Waals surface area contributed by atoms with Gasteiger partial charge in [0, 0.05) is 17.0 Å². The second-order valence-electron chi connectivity index (χ2n) is 8.45. The van der Waals surface area contributed by atoms with E-state index >= 15 is 0 Å². The number of aromatic nitrogens is 3. The standard InChI is InChI=1S/C26H25N5O2S/c1-18-9-11-20(12-10-18)31-23(32)14-13-21(24(31)22-8-5-15-34-22)25(33)28-26-27-17-30(29-26)16-19-6-3-2-4-7-19/h2-12,15,17,21,24H,13-14,16H2,1H3,(H,28,29,33). The molecule has 5 rings (SSSR count). The molecule has 2 aromatic heterocycles. The van der Waals surface area contributed by atoms with Crippen molar-refractivity contribution >= 4 is 34.8 Å². The summed E-state index contributed by atoms with van der Waals surface area (Å²) in [5.41, 5.74) is 3.02. The smallest absolute Gasteiger partial charge is 0.248 e. The number of aryl methyl sites for hydroxylation is 1. The normalized spacial score (nSPS) is 18.1. The predicted molar refractivity (Wildman–Crippen MR) is 133 cm³/mol. The molecule has 3 heterocycles. The second-order valence-corrected chi connectivity index (χ2v) is 9.42. The van der Waals surface area contributed by atoms with E-state index in [1.807, 2.05) is 79.0 Å². The average molecular weight is 472 g/mol. The number of anilines is 2. The molecule has 7 nitrogen and oxygen atoms in total. The lowest BCUT2D eigenvalue weighted by Crippen LogP contribution is -2.46. The first-order valence-electron chi connectivity index (χ1n) is 11.2. The number of benzene rings is 2. The van der Waals surface area contributed by atoms with E-state index in [-0.39, 0.29) is 23.8 Å². The van der Waals surface area contributed by atoms with Crippen molar-refractivity contribution in [3.8, 4) is 0 Å². The summed E-state index contributed by atoms with van der Waals surface area (Å²) in [4.78, 5) is 33.5. The number of hydrogen-bond donors (Lipinski definition) is 1. The minimum absolute atomic E-state index is 0.0246. The summed E-state index contributed by atoms with van der Waals surface area (Å²) >= 11 is 1.56. The molecule has 1 aliphatic rings. The lowest BCUT2D eigenvalue weighted by molar-refractivity contribution is -0.125. The highest BCUT2D eigenvalue weighted by molar-refractivity contribution is 7.10. The quantitative estimate of drug-likeness (QED) is 0.437. The first-order chi connectivity index (χ1) is 16.6. The molecule has 172 valence electrons. The van der Waals surface area contributed by atoms with Gasteiger partial charge in [0.25, 0.3) is 0 Å². The van der Waals surface area contributed by atoms with Crippen LogP contribution in [0.3, 0.4) is 0 Å². The number of carbonyl (C=O) groups is 2. The van der Waals surface area contributed by atoms with Crippen molar-refractivity contribution in [3.05, 3.63) is 94.4 Å². The third-order valence-corrected chi connectivity index (χ3v) is 6.98. The highest BCUT2D eigenvalue weighted by Gasteiger charge is 2.42. The van der Waals surface area contributed by atoms with Crippen LogP contribution in [0, 0.1) is 12.8 Å². The molecular formula is C26H25N5O2S. The molecule has 1 aliphatic heterocycles. The van der Waals surface area contributed by atoms with Crippen LogP contribution < -0.4 is 10.2 Å². The van der Waals surface area contributed by atoms with Crippen molar-refractivity contribution in [2.45, 2.75) is 32.4 Å². The molecule has 8 heteroatoms. The Morgan fingerprint density at radius 3 is 2.62 bits per heavy atom. The molecule has 2 aromatic carbocycles. The van der Waals surface area contributed by atoms with Gasteiger partial charge >= 0.3 is 0 Å². The summed E-state index contributed by atoms with van der Waals surface area (Å²) in [6.07, 6.45) is 2.40. The Morgan fingerprint density at radius 1 is 1.09 bits per heavy atom. The van der Waals surface area contributed by atoms with Crippen molar-refractivity contribution in [2.75, 3.05) is 10.2 Å². The van der Waals surface area contributed by atoms with E-state index in [2.05, 4.69) is 15.4 Å². The Labute approximate surface area is 202 Å². The topological polar surface area (TPSA) is 80.1 Å². The molecule has 2 atom stereocenters. The summed E-state index contributed by atoms with van der Waals surface area (Å²) in [6.45, 7) is 2.58. The van der Waals surface area contributed by atoms with Gasteiger partial charge in [-0.3, -0.25) is 14.9 Å². The Morgan fingerprint density at radius 2 is 1.88 bits per heavy atom. The molecule has 0 saturated carbocycles. The van der Waals surface area contributed by atoms with Crippen LogP contribution in [0.15, 0.2) is 78.4 Å². The zero-order valence-corrected chi connectivity index (χ0v) is 19.6. The average Bonchev–Trinajstić information content (AvgIpc) is 3.53. The molecule has 4 aromatic rings. The number of hydrogen-bond acceptors (Lipinski definition) is 5. The second kappa shape index (κ2) is 9.61. The lowest BCUT2D eigenvalue weighted by atomic mass is 9.86. The van der Waals surface area contributed by atoms with Gasteiger partial charge in [-0.05, 0) is 42.5 Å². The molecule has 34 heavy (non-hydrogen) atoms. The number of nitrogens with one attached hydrogen (secondary N) is 1. The van der Waals surface area contributed by atoms with Crippen LogP contribution >= 0.6 is 11.3 Å². The zero-order valence-electron chi connectivity index (χ0n) is 18.8. The first-order valence-corrected chi connectivity index (χ1v) is 12.1. The highest BCUT2D eigenvalue weighted by Crippen LogP contribution is 2.42. The van der Waals surface area contributed by atoms with Crippen LogP contribution in [0.25, 0.3) is 0 Å². The number of nitrogens with zero attached hydrogens (tertiary/aromatic N) is 4. The van der Waals surface area contributed by atoms with Gasteiger partial charge in [0.2, 0.25) is 17.8 Å². The molecule has 2 amide bonds. The Kier molecular flexibility index (Phi) is 6.22. The van der Waals surface area contributed by atoms with Gasteiger partial charge in [0.05, 0.1) is 18.5 Å². The van der Waals surface area contributed by atoms with E-state index in [0.717, 1.165) is 21.7 Å². The summed E-state index contributed by atoms with van der Waals surface area (Å²) in [6, 6.07) is 21.4. The van der Waals surface area contributed by atoms with Gasteiger partial charge in [-0.25, -0.2) is 9.67 Å². The van der Waals surface area contributed by atoms with Crippen LogP contribution in [-0.2, 0) is 16.1 Å². The maximum atomic E-state index is 13.4. The fraction of sp³-hybridized carbons (Fsp3) is 0.231. The van der Waals surface area contributed by atoms with Crippen LogP contribution in [0.2, 0.25) is 0 Å². The molecule has 0 aliphatic carbocycles. The summed E-state index contributed by atoms with van der Waals surface area (Å²) < 4.78 is 1.70. The third kappa shape index (κ3) is 4.63. The maximum absolute atomic E-state index is 13.4. The van der Waals surface area contributed by atoms with Crippen LogP contribution in [0.5, 0.6) is 0 Å². The molecule has 0 spiro atoms. The van der Waals surface area contributed by atoms with Gasteiger partial charge in [0.15, 0.2) is 0 Å². The minimum Gasteiger partial charge on any atom is -0.303 e. The maximum Gasteiger partial charge on any atom is 0.248 e. The van der Waals surface area contributed by atoms with Crippen molar-refractivity contribution in [1.29, 1.82) is 0 Å². The Bertz CT molecular complexity index is 1270. The predicted octanol–water partition coefficient (Wildman–Crippen LogP) is 4.82. The van der Waals surface area contributed by atoms with E-state index < -0.39 is 5.92 Å². The molecule has 1 fully saturated rings. The van der Waals surface area contributed by atoms with Gasteiger partial charge in [-0.15, -0.1) is 16.4 Å². The monoisotopic (exact) mass is 471 g/mol. The molecule has 0 radical (unpaired) electrons. The molecule has 1 N–H and O–H groups in total. The van der Waals surface area contributed by atoms with E-state index in [1.54, 1.807) is 27.2 Å². The molecule has 2 unspecified atom stereocenters. The van der Waals surface area contributed by atoms with E-state index in [1.165, 1.54) is 0 Å². The molecular weight excluding hydrogens is 446 g/mol. The Hall–Kier alpha value is -3.78. The lowest BCUT2D eigenvalue weighted by Gasteiger charge is -2.40. The number of rotatable bonds is 6. The van der Waals surface area contributed by atoms with Crippen molar-refractivity contribution in [3.63, 3.8) is 0 Å². The van der Waals surface area contributed by atoms with Gasteiger partial charge < -0.3 is 4.90 Å². The molecule has 1 saturated heterocycles. The van der Waals surface area contributed by atoms with Gasteiger partial charge in [0.1, 0.15) is 6.33 Å². The first kappa shape index (κ1) is 22.0. The van der Waals surface area contributed by atoms with Crippen LogP contribution in [0.1, 0.15) is 34.9 Å². The van der Waals surface area contributed by atoms with Crippen LogP contribution in [0.4, 0.5) is 11.6 Å². The zero-order chi connectivity index (χ0) is 23.5. The Balaban J connectivity index is 1.39. The van der Waals surface area contributed by atoms with E-state index in [9.17, 15) is 9.59 Å². The highest BCUT2D eigenvalue weighted by atomic mass is 32.1. The molecule has 0 bridgehead atoms. The third-order valence-electron chi connectivity index (χ3n) is 6.04. The number of piperidine rings is 1. The van der Waals surface area contributed by atoms with Crippen molar-refractivity contribution in [1.82, 2.24) is 14.8 Å². The largest absolute Gasteiger partial charge is 0.303 e. The van der Waals surface area contributed by atoms with Crippen molar-refractivity contribution in [2.24, 2.45) is 5.92 Å². The summed E-state index contributed by atoms with van der Waals surface area (Å²) in [5, 5.41) is 9.29.